The van der Waals surface area contributed by atoms with Crippen LogP contribution in [0.1, 0.15) is 5.01 Å². The van der Waals surface area contributed by atoms with Gasteiger partial charge in [-0.25, -0.2) is 4.98 Å². The summed E-state index contributed by atoms with van der Waals surface area (Å²) in [7, 11) is 0. The van der Waals surface area contributed by atoms with Crippen LogP contribution in [-0.2, 0) is 0 Å². The molecule has 3 heteroatoms. The fourth-order valence-electron chi connectivity index (χ4n) is 2.41. The quantitative estimate of drug-likeness (QED) is 0.436. The Bertz CT molecular complexity index is 711. The number of benzene rings is 2. The number of rotatable bonds is 0. The third-order valence-electron chi connectivity index (χ3n) is 3.23. The van der Waals surface area contributed by atoms with Crippen LogP contribution in [0, 0.1) is 6.92 Å². The van der Waals surface area contributed by atoms with Gasteiger partial charge in [-0.1, -0.05) is 48.2 Å². The van der Waals surface area contributed by atoms with Crippen LogP contribution in [0.2, 0.25) is 0 Å². The van der Waals surface area contributed by atoms with Crippen molar-refractivity contribution in [1.29, 1.82) is 0 Å². The van der Waals surface area contributed by atoms with Gasteiger partial charge in [0.1, 0.15) is 0 Å². The lowest BCUT2D eigenvalue weighted by atomic mass is 10.1. The Labute approximate surface area is 120 Å². The van der Waals surface area contributed by atoms with E-state index in [4.69, 9.17) is 4.98 Å². The second-order valence-corrected chi connectivity index (χ2v) is 6.79. The predicted molar refractivity (Wildman–Crippen MR) is 81.8 cm³/mol. The summed E-state index contributed by atoms with van der Waals surface area (Å²) in [6, 6.07) is 17.1. The van der Waals surface area contributed by atoms with Crippen molar-refractivity contribution in [1.82, 2.24) is 4.98 Å². The molecule has 2 aromatic carbocycles. The van der Waals surface area contributed by atoms with Crippen LogP contribution in [0.3, 0.4) is 0 Å². The minimum absolute atomic E-state index is 1.13. The Kier molecular flexibility index (Phi) is 2.50. The van der Waals surface area contributed by atoms with Crippen LogP contribution in [0.4, 0.5) is 0 Å². The summed E-state index contributed by atoms with van der Waals surface area (Å²) >= 11 is 3.62. The highest BCUT2D eigenvalue weighted by molar-refractivity contribution is 7.99. The number of aromatic nitrogens is 1. The van der Waals surface area contributed by atoms with Gasteiger partial charge in [0.2, 0.25) is 0 Å². The first kappa shape index (κ1) is 11.3. The monoisotopic (exact) mass is 281 g/mol. The lowest BCUT2D eigenvalue weighted by molar-refractivity contribution is 1.28. The number of hydrogen-bond donors (Lipinski definition) is 0. The maximum absolute atomic E-state index is 4.76. The largest absolute Gasteiger partial charge is 0.241 e. The molecule has 1 nitrogen and oxygen atoms in total. The van der Waals surface area contributed by atoms with E-state index in [1.165, 1.54) is 25.8 Å². The fraction of sp³-hybridized carbons (Fsp3) is 0.0625. The van der Waals surface area contributed by atoms with Crippen LogP contribution in [0.15, 0.2) is 58.3 Å². The third kappa shape index (κ3) is 1.73. The van der Waals surface area contributed by atoms with Crippen molar-refractivity contribution in [3.05, 3.63) is 53.5 Å². The summed E-state index contributed by atoms with van der Waals surface area (Å²) in [5.41, 5.74) is 3.70. The summed E-state index contributed by atoms with van der Waals surface area (Å²) in [5, 5.41) is 1.13. The summed E-state index contributed by atoms with van der Waals surface area (Å²) < 4.78 is 0. The Balaban J connectivity index is 2.12. The molecule has 0 saturated carbocycles. The van der Waals surface area contributed by atoms with Crippen molar-refractivity contribution in [2.24, 2.45) is 0 Å². The minimum atomic E-state index is 1.13. The SMILES string of the molecule is Cc1nc2c(s1)-c1ccccc1Sc1ccccc1-2. The van der Waals surface area contributed by atoms with E-state index in [2.05, 4.69) is 55.5 Å². The number of fused-ring (bicyclic) bond motifs is 5. The molecule has 0 unspecified atom stereocenters. The molecular formula is C16H11NS2. The van der Waals surface area contributed by atoms with Gasteiger partial charge in [0.05, 0.1) is 15.6 Å². The Morgan fingerprint density at radius 3 is 2.26 bits per heavy atom. The van der Waals surface area contributed by atoms with Gasteiger partial charge in [-0.3, -0.25) is 0 Å². The molecule has 1 aliphatic heterocycles. The Hall–Kier alpha value is -1.58. The zero-order valence-corrected chi connectivity index (χ0v) is 12.0. The molecule has 0 saturated heterocycles. The van der Waals surface area contributed by atoms with E-state index in [0.717, 1.165) is 10.7 Å². The third-order valence-corrected chi connectivity index (χ3v) is 5.38. The van der Waals surface area contributed by atoms with Gasteiger partial charge in [-0.15, -0.1) is 11.3 Å². The molecule has 4 rings (SSSR count). The smallest absolute Gasteiger partial charge is 0.0908 e. The van der Waals surface area contributed by atoms with Crippen LogP contribution in [0.25, 0.3) is 21.7 Å². The molecular weight excluding hydrogens is 270 g/mol. The van der Waals surface area contributed by atoms with Crippen LogP contribution in [0.5, 0.6) is 0 Å². The number of aryl methyl sites for hydroxylation is 1. The van der Waals surface area contributed by atoms with Gasteiger partial charge in [0.25, 0.3) is 0 Å². The topological polar surface area (TPSA) is 12.9 Å². The fourth-order valence-corrected chi connectivity index (χ4v) is 4.53. The first-order valence-electron chi connectivity index (χ1n) is 6.17. The average Bonchev–Trinajstić information content (AvgIpc) is 2.76. The molecule has 1 aromatic heterocycles. The van der Waals surface area contributed by atoms with Crippen molar-refractivity contribution >= 4 is 23.1 Å². The van der Waals surface area contributed by atoms with Gasteiger partial charge >= 0.3 is 0 Å². The first-order chi connectivity index (χ1) is 9.33. The van der Waals surface area contributed by atoms with Crippen molar-refractivity contribution < 1.29 is 0 Å². The summed E-state index contributed by atoms with van der Waals surface area (Å²) in [4.78, 5) is 8.66. The summed E-state index contributed by atoms with van der Waals surface area (Å²) in [6.07, 6.45) is 0. The maximum Gasteiger partial charge on any atom is 0.0908 e. The molecule has 0 bridgehead atoms. The maximum atomic E-state index is 4.76. The lowest BCUT2D eigenvalue weighted by Gasteiger charge is -2.04. The minimum Gasteiger partial charge on any atom is -0.241 e. The molecule has 92 valence electrons. The highest BCUT2D eigenvalue weighted by atomic mass is 32.2. The van der Waals surface area contributed by atoms with E-state index in [9.17, 15) is 0 Å². The molecule has 0 spiro atoms. The summed E-state index contributed by atoms with van der Waals surface area (Å²) in [5.74, 6) is 0. The molecule has 1 aliphatic rings. The van der Waals surface area contributed by atoms with Gasteiger partial charge in [-0.05, 0) is 19.1 Å². The highest BCUT2D eigenvalue weighted by Crippen LogP contribution is 2.49. The van der Waals surface area contributed by atoms with Gasteiger partial charge in [0, 0.05) is 20.9 Å². The van der Waals surface area contributed by atoms with E-state index >= 15 is 0 Å². The summed E-state index contributed by atoms with van der Waals surface area (Å²) in [6.45, 7) is 2.08. The van der Waals surface area contributed by atoms with Crippen molar-refractivity contribution in [2.75, 3.05) is 0 Å². The van der Waals surface area contributed by atoms with Crippen LogP contribution >= 0.6 is 23.1 Å². The van der Waals surface area contributed by atoms with Gasteiger partial charge in [0.15, 0.2) is 0 Å². The number of nitrogens with zero attached hydrogens (tertiary/aromatic N) is 1. The van der Waals surface area contributed by atoms with Crippen molar-refractivity contribution in [3.63, 3.8) is 0 Å². The molecule has 19 heavy (non-hydrogen) atoms. The Morgan fingerprint density at radius 2 is 1.47 bits per heavy atom. The van der Waals surface area contributed by atoms with Crippen molar-refractivity contribution in [3.8, 4) is 21.7 Å². The zero-order valence-electron chi connectivity index (χ0n) is 10.4. The molecule has 0 radical (unpaired) electrons. The Morgan fingerprint density at radius 1 is 0.842 bits per heavy atom. The lowest BCUT2D eigenvalue weighted by Crippen LogP contribution is -1.81. The first-order valence-corrected chi connectivity index (χ1v) is 7.80. The van der Waals surface area contributed by atoms with E-state index in [0.29, 0.717) is 0 Å². The van der Waals surface area contributed by atoms with Crippen LogP contribution in [-0.4, -0.2) is 4.98 Å². The molecule has 0 fully saturated rings. The molecule has 0 amide bonds. The standard InChI is InChI=1S/C16H11NS2/c1-10-17-15-11-6-2-4-8-13(11)19-14-9-5-3-7-12(14)16(15)18-10/h2-9H,1H3. The van der Waals surface area contributed by atoms with E-state index < -0.39 is 0 Å². The second kappa shape index (κ2) is 4.22. The number of thiazole rings is 1. The number of hydrogen-bond acceptors (Lipinski definition) is 3. The van der Waals surface area contributed by atoms with Gasteiger partial charge < -0.3 is 0 Å². The highest BCUT2D eigenvalue weighted by Gasteiger charge is 2.22. The molecule has 0 atom stereocenters. The molecule has 0 aliphatic carbocycles. The molecule has 2 heterocycles. The van der Waals surface area contributed by atoms with Crippen molar-refractivity contribution in [2.45, 2.75) is 16.7 Å². The van der Waals surface area contributed by atoms with Gasteiger partial charge in [-0.2, -0.15) is 0 Å². The predicted octanol–water partition coefficient (Wildman–Crippen LogP) is 5.25. The molecule has 0 N–H and O–H groups in total. The van der Waals surface area contributed by atoms with Crippen LogP contribution < -0.4 is 0 Å². The normalized spacial score (nSPS) is 12.3. The van der Waals surface area contributed by atoms with E-state index in [1.54, 1.807) is 11.3 Å². The zero-order chi connectivity index (χ0) is 12.8. The average molecular weight is 281 g/mol. The van der Waals surface area contributed by atoms with E-state index in [-0.39, 0.29) is 0 Å². The van der Waals surface area contributed by atoms with E-state index in [1.807, 2.05) is 11.8 Å². The molecule has 3 aromatic rings. The second-order valence-electron chi connectivity index (χ2n) is 4.50.